The predicted molar refractivity (Wildman–Crippen MR) is 102 cm³/mol. The Hall–Kier alpha value is -3.11. The van der Waals surface area contributed by atoms with Gasteiger partial charge in [0, 0.05) is 17.2 Å². The molecule has 0 fully saturated rings. The van der Waals surface area contributed by atoms with Crippen LogP contribution < -0.4 is 11.1 Å². The van der Waals surface area contributed by atoms with Gasteiger partial charge in [-0.15, -0.1) is 11.3 Å². The average Bonchev–Trinajstić information content (AvgIpc) is 3.19. The molecule has 0 radical (unpaired) electrons. The maximum atomic E-state index is 12.8. The van der Waals surface area contributed by atoms with Crippen LogP contribution in [0.3, 0.4) is 0 Å². The standard InChI is InChI=1S/C19H18N4O2S/c1-19(2,3)22-18-12(10-20)15(21)17(26-18)16(24)14-9-13(23-25-14)11-7-5-4-6-8-11/h4-9,22H,21H2,1-3H3. The highest BCUT2D eigenvalue weighted by Crippen LogP contribution is 2.38. The second kappa shape index (κ2) is 6.65. The Balaban J connectivity index is 1.96. The lowest BCUT2D eigenvalue weighted by Crippen LogP contribution is -2.25. The molecule has 0 saturated carbocycles. The van der Waals surface area contributed by atoms with E-state index in [1.165, 1.54) is 0 Å². The number of nitrogens with one attached hydrogen (secondary N) is 1. The van der Waals surface area contributed by atoms with Crippen LogP contribution in [0.25, 0.3) is 11.3 Å². The summed E-state index contributed by atoms with van der Waals surface area (Å²) in [7, 11) is 0. The molecule has 1 aromatic carbocycles. The number of nitrogens with zero attached hydrogens (tertiary/aromatic N) is 2. The number of ketones is 1. The average molecular weight is 366 g/mol. The van der Waals surface area contributed by atoms with E-state index in [1.54, 1.807) is 6.07 Å². The molecule has 0 aliphatic heterocycles. The highest BCUT2D eigenvalue weighted by atomic mass is 32.1. The van der Waals surface area contributed by atoms with Gasteiger partial charge >= 0.3 is 0 Å². The number of hydrogen-bond donors (Lipinski definition) is 2. The van der Waals surface area contributed by atoms with Gasteiger partial charge in [-0.25, -0.2) is 0 Å². The van der Waals surface area contributed by atoms with E-state index in [-0.39, 0.29) is 33.2 Å². The smallest absolute Gasteiger partial charge is 0.243 e. The summed E-state index contributed by atoms with van der Waals surface area (Å²) >= 11 is 1.15. The van der Waals surface area contributed by atoms with E-state index in [0.29, 0.717) is 10.7 Å². The number of carbonyl (C=O) groups excluding carboxylic acids is 1. The van der Waals surface area contributed by atoms with Crippen LogP contribution >= 0.6 is 11.3 Å². The minimum Gasteiger partial charge on any atom is -0.396 e. The molecule has 26 heavy (non-hydrogen) atoms. The lowest BCUT2D eigenvalue weighted by atomic mass is 10.1. The normalized spacial score (nSPS) is 11.2. The van der Waals surface area contributed by atoms with Crippen molar-refractivity contribution in [3.05, 3.63) is 52.6 Å². The summed E-state index contributed by atoms with van der Waals surface area (Å²) in [5, 5.41) is 17.2. The Bertz CT molecular complexity index is 991. The predicted octanol–water partition coefficient (Wildman–Crippen LogP) is 4.30. The molecule has 0 bridgehead atoms. The van der Waals surface area contributed by atoms with E-state index in [2.05, 4.69) is 16.5 Å². The van der Waals surface area contributed by atoms with Crippen molar-refractivity contribution < 1.29 is 9.32 Å². The van der Waals surface area contributed by atoms with E-state index in [0.717, 1.165) is 16.9 Å². The van der Waals surface area contributed by atoms with Crippen LogP contribution in [0, 0.1) is 11.3 Å². The molecule has 0 unspecified atom stereocenters. The quantitative estimate of drug-likeness (QED) is 0.667. The van der Waals surface area contributed by atoms with Gasteiger partial charge in [-0.3, -0.25) is 4.79 Å². The number of nitriles is 1. The van der Waals surface area contributed by atoms with E-state index >= 15 is 0 Å². The molecule has 0 aliphatic rings. The molecule has 2 heterocycles. The molecule has 132 valence electrons. The first kappa shape index (κ1) is 17.7. The summed E-state index contributed by atoms with van der Waals surface area (Å²) in [5.41, 5.74) is 7.64. The third-order valence-electron chi connectivity index (χ3n) is 3.56. The summed E-state index contributed by atoms with van der Waals surface area (Å²) in [6.45, 7) is 5.90. The number of aromatic nitrogens is 1. The summed E-state index contributed by atoms with van der Waals surface area (Å²) in [6.07, 6.45) is 0. The van der Waals surface area contributed by atoms with Gasteiger partial charge in [-0.05, 0) is 20.8 Å². The number of nitrogens with two attached hydrogens (primary N) is 1. The minimum absolute atomic E-state index is 0.0867. The monoisotopic (exact) mass is 366 g/mol. The van der Waals surface area contributed by atoms with Crippen LogP contribution in [0.1, 0.15) is 41.8 Å². The van der Waals surface area contributed by atoms with Gasteiger partial charge < -0.3 is 15.6 Å². The molecule has 0 spiro atoms. The fourth-order valence-corrected chi connectivity index (χ4v) is 3.62. The van der Waals surface area contributed by atoms with E-state index in [1.807, 2.05) is 51.1 Å². The number of hydrogen-bond acceptors (Lipinski definition) is 7. The third kappa shape index (κ3) is 3.46. The van der Waals surface area contributed by atoms with Crippen LogP contribution in [0.5, 0.6) is 0 Å². The number of anilines is 2. The molecule has 0 saturated heterocycles. The lowest BCUT2D eigenvalue weighted by molar-refractivity contribution is 0.100. The second-order valence-corrected chi connectivity index (χ2v) is 7.83. The molecule has 6 nitrogen and oxygen atoms in total. The summed E-state index contributed by atoms with van der Waals surface area (Å²) in [6, 6.07) is 13.1. The number of benzene rings is 1. The first-order chi connectivity index (χ1) is 12.3. The van der Waals surface area contributed by atoms with Gasteiger partial charge in [0.05, 0.1) is 5.69 Å². The highest BCUT2D eigenvalue weighted by molar-refractivity contribution is 7.19. The molecule has 3 aromatic rings. The molecule has 3 N–H and O–H groups in total. The zero-order valence-corrected chi connectivity index (χ0v) is 15.5. The maximum Gasteiger partial charge on any atom is 0.243 e. The van der Waals surface area contributed by atoms with Crippen molar-refractivity contribution in [2.45, 2.75) is 26.3 Å². The van der Waals surface area contributed by atoms with Gasteiger partial charge in [0.25, 0.3) is 0 Å². The topological polar surface area (TPSA) is 105 Å². The lowest BCUT2D eigenvalue weighted by Gasteiger charge is -2.20. The molecule has 2 aromatic heterocycles. The minimum atomic E-state index is -0.388. The SMILES string of the molecule is CC(C)(C)Nc1sc(C(=O)c2cc(-c3ccccc3)no2)c(N)c1C#N. The Labute approximate surface area is 155 Å². The van der Waals surface area contributed by atoms with Gasteiger partial charge in [-0.2, -0.15) is 5.26 Å². The van der Waals surface area contributed by atoms with Gasteiger partial charge in [0.1, 0.15) is 27.2 Å². The maximum absolute atomic E-state index is 12.8. The fourth-order valence-electron chi connectivity index (χ4n) is 2.39. The van der Waals surface area contributed by atoms with Gasteiger partial charge in [-0.1, -0.05) is 35.5 Å². The Morgan fingerprint density at radius 3 is 2.62 bits per heavy atom. The van der Waals surface area contributed by atoms with Crippen molar-refractivity contribution in [1.82, 2.24) is 5.16 Å². The van der Waals surface area contributed by atoms with Crippen molar-refractivity contribution in [1.29, 1.82) is 5.26 Å². The first-order valence-electron chi connectivity index (χ1n) is 7.97. The van der Waals surface area contributed by atoms with Crippen LogP contribution in [-0.2, 0) is 0 Å². The van der Waals surface area contributed by atoms with Gasteiger partial charge in [0.15, 0.2) is 0 Å². The van der Waals surface area contributed by atoms with Crippen molar-refractivity contribution in [3.8, 4) is 17.3 Å². The number of thiophene rings is 1. The van der Waals surface area contributed by atoms with Gasteiger partial charge in [0.2, 0.25) is 11.5 Å². The fraction of sp³-hybridized carbons (Fsp3) is 0.211. The molecule has 0 aliphatic carbocycles. The van der Waals surface area contributed by atoms with E-state index in [4.69, 9.17) is 10.3 Å². The zero-order chi connectivity index (χ0) is 18.9. The summed E-state index contributed by atoms with van der Waals surface area (Å²) < 4.78 is 5.22. The van der Waals surface area contributed by atoms with E-state index in [9.17, 15) is 10.1 Å². The molecular weight excluding hydrogens is 348 g/mol. The number of nitrogen functional groups attached to an aromatic ring is 1. The first-order valence-corrected chi connectivity index (χ1v) is 8.79. The zero-order valence-electron chi connectivity index (χ0n) is 14.7. The summed E-state index contributed by atoms with van der Waals surface area (Å²) in [5.74, 6) is -0.302. The Morgan fingerprint density at radius 1 is 1.31 bits per heavy atom. The van der Waals surface area contributed by atoms with Crippen LogP contribution in [0.15, 0.2) is 40.9 Å². The third-order valence-corrected chi connectivity index (χ3v) is 4.67. The Morgan fingerprint density at radius 2 is 2.00 bits per heavy atom. The molecule has 7 heteroatoms. The number of carbonyl (C=O) groups is 1. The van der Waals surface area contributed by atoms with Crippen LogP contribution in [0.4, 0.5) is 10.7 Å². The van der Waals surface area contributed by atoms with Crippen LogP contribution in [0.2, 0.25) is 0 Å². The van der Waals surface area contributed by atoms with Crippen molar-refractivity contribution >= 4 is 27.8 Å². The molecular formula is C19H18N4O2S. The molecule has 0 atom stereocenters. The van der Waals surface area contributed by atoms with Crippen molar-refractivity contribution in [3.63, 3.8) is 0 Å². The van der Waals surface area contributed by atoms with Crippen molar-refractivity contribution in [2.24, 2.45) is 0 Å². The second-order valence-electron chi connectivity index (χ2n) is 6.81. The summed E-state index contributed by atoms with van der Waals surface area (Å²) in [4.78, 5) is 13.1. The molecule has 3 rings (SSSR count). The van der Waals surface area contributed by atoms with E-state index < -0.39 is 0 Å². The molecule has 0 amide bonds. The largest absolute Gasteiger partial charge is 0.396 e. The van der Waals surface area contributed by atoms with Crippen molar-refractivity contribution in [2.75, 3.05) is 11.1 Å². The Kier molecular flexibility index (Phi) is 4.53. The number of rotatable bonds is 4. The van der Waals surface area contributed by atoms with Crippen LogP contribution in [-0.4, -0.2) is 16.5 Å². The highest BCUT2D eigenvalue weighted by Gasteiger charge is 2.26.